The van der Waals surface area contributed by atoms with E-state index >= 15 is 0 Å². The third-order valence-corrected chi connectivity index (χ3v) is 2.76. The van der Waals surface area contributed by atoms with E-state index in [0.717, 1.165) is 0 Å². The number of benzene rings is 1. The quantitative estimate of drug-likeness (QED) is 0.637. The van der Waals surface area contributed by atoms with E-state index in [1.807, 2.05) is 0 Å². The minimum atomic E-state index is 0.478. The molecule has 1 rings (SSSR count). The van der Waals surface area contributed by atoms with Crippen LogP contribution < -0.4 is 0 Å². The summed E-state index contributed by atoms with van der Waals surface area (Å²) >= 11 is 0. The van der Waals surface area contributed by atoms with Crippen molar-refractivity contribution in [1.82, 2.24) is 0 Å². The third kappa shape index (κ3) is 2.54. The molecule has 0 heterocycles. The molecule has 0 spiro atoms. The van der Waals surface area contributed by atoms with E-state index in [2.05, 4.69) is 56.6 Å². The summed E-state index contributed by atoms with van der Waals surface area (Å²) < 4.78 is 0. The molecule has 2 heteroatoms. The molecule has 0 saturated carbocycles. The van der Waals surface area contributed by atoms with Crippen LogP contribution in [-0.4, -0.2) is 0 Å². The fraction of sp³-hybridized carbons (Fsp3) is 0.400. The molecule has 0 aliphatic carbocycles. The van der Waals surface area contributed by atoms with E-state index in [1.165, 1.54) is 11.1 Å². The monoisotopic (exact) mass is 198 g/mol. The largest absolute Gasteiger partial charge is 0.126 e. The first-order chi connectivity index (χ1) is 5.61. The van der Waals surface area contributed by atoms with Gasteiger partial charge >= 0.3 is 0 Å². The standard InChI is InChI=1S/C10H16P2/c1-7(2)8-3-5-9(6-4-8)10(11)12/h3-7,10H,11-12H2,1-2H3. The zero-order valence-electron chi connectivity index (χ0n) is 7.62. The van der Waals surface area contributed by atoms with Crippen LogP contribution in [0.2, 0.25) is 0 Å². The fourth-order valence-corrected chi connectivity index (χ4v) is 1.55. The summed E-state index contributed by atoms with van der Waals surface area (Å²) in [5.41, 5.74) is 2.77. The predicted molar refractivity (Wildman–Crippen MR) is 62.7 cm³/mol. The van der Waals surface area contributed by atoms with Crippen molar-refractivity contribution in [1.29, 1.82) is 0 Å². The molecule has 0 amide bonds. The number of hydrogen-bond donors (Lipinski definition) is 0. The molecule has 66 valence electrons. The van der Waals surface area contributed by atoms with Gasteiger partial charge in [-0.1, -0.05) is 38.1 Å². The van der Waals surface area contributed by atoms with Crippen LogP contribution in [-0.2, 0) is 0 Å². The zero-order valence-corrected chi connectivity index (χ0v) is 9.93. The van der Waals surface area contributed by atoms with Gasteiger partial charge in [0, 0.05) is 5.40 Å². The lowest BCUT2D eigenvalue weighted by Gasteiger charge is -2.08. The van der Waals surface area contributed by atoms with E-state index in [1.54, 1.807) is 0 Å². The van der Waals surface area contributed by atoms with Crippen molar-refractivity contribution in [2.75, 3.05) is 0 Å². The van der Waals surface area contributed by atoms with Gasteiger partial charge in [-0.05, 0) is 17.0 Å². The highest BCUT2D eigenvalue weighted by molar-refractivity contribution is 7.37. The van der Waals surface area contributed by atoms with Crippen LogP contribution in [0, 0.1) is 0 Å². The molecular weight excluding hydrogens is 182 g/mol. The molecule has 0 saturated heterocycles. The molecule has 0 aliphatic rings. The van der Waals surface area contributed by atoms with Crippen molar-refractivity contribution in [2.24, 2.45) is 0 Å². The van der Waals surface area contributed by atoms with Crippen molar-refractivity contribution in [2.45, 2.75) is 25.2 Å². The Morgan fingerprint density at radius 3 is 1.67 bits per heavy atom. The Labute approximate surface area is 79.6 Å². The second-order valence-corrected chi connectivity index (χ2v) is 5.55. The normalized spacial score (nSPS) is 11.2. The van der Waals surface area contributed by atoms with Gasteiger partial charge in [0.15, 0.2) is 0 Å². The van der Waals surface area contributed by atoms with Crippen molar-refractivity contribution >= 4 is 18.5 Å². The van der Waals surface area contributed by atoms with Crippen LogP contribution in [0.25, 0.3) is 0 Å². The summed E-state index contributed by atoms with van der Waals surface area (Å²) in [5.74, 6) is 0.631. The van der Waals surface area contributed by atoms with Crippen molar-refractivity contribution in [3.05, 3.63) is 35.4 Å². The van der Waals surface area contributed by atoms with Gasteiger partial charge in [-0.15, -0.1) is 18.5 Å². The number of rotatable bonds is 2. The lowest BCUT2D eigenvalue weighted by molar-refractivity contribution is 0.866. The Morgan fingerprint density at radius 1 is 0.917 bits per heavy atom. The highest BCUT2D eigenvalue weighted by Crippen LogP contribution is 2.30. The maximum atomic E-state index is 2.78. The van der Waals surface area contributed by atoms with E-state index < -0.39 is 0 Å². The Hall–Kier alpha value is 0.0800. The summed E-state index contributed by atoms with van der Waals surface area (Å²) in [7, 11) is 5.55. The molecule has 12 heavy (non-hydrogen) atoms. The van der Waals surface area contributed by atoms with Gasteiger partial charge in [-0.3, -0.25) is 0 Å². The maximum absolute atomic E-state index is 2.78. The Balaban J connectivity index is 2.86. The van der Waals surface area contributed by atoms with Gasteiger partial charge in [0.2, 0.25) is 0 Å². The molecule has 0 N–H and O–H groups in total. The molecule has 0 bridgehead atoms. The van der Waals surface area contributed by atoms with E-state index in [4.69, 9.17) is 0 Å². The lowest BCUT2D eigenvalue weighted by Crippen LogP contribution is -1.87. The van der Waals surface area contributed by atoms with Gasteiger partial charge < -0.3 is 0 Å². The third-order valence-electron chi connectivity index (χ3n) is 1.99. The lowest BCUT2D eigenvalue weighted by atomic mass is 10.0. The first-order valence-electron chi connectivity index (χ1n) is 4.22. The molecule has 1 aromatic rings. The average Bonchev–Trinajstić information content (AvgIpc) is 2.04. The minimum absolute atomic E-state index is 0.478. The fourth-order valence-electron chi connectivity index (χ4n) is 1.10. The summed E-state index contributed by atoms with van der Waals surface area (Å²) in [6, 6.07) is 8.81. The summed E-state index contributed by atoms with van der Waals surface area (Å²) in [6.07, 6.45) is 0. The molecule has 0 aliphatic heterocycles. The topological polar surface area (TPSA) is 0 Å². The van der Waals surface area contributed by atoms with Gasteiger partial charge in [0.25, 0.3) is 0 Å². The Morgan fingerprint density at radius 2 is 1.33 bits per heavy atom. The van der Waals surface area contributed by atoms with Gasteiger partial charge in [-0.25, -0.2) is 0 Å². The first-order valence-corrected chi connectivity index (χ1v) is 5.55. The second-order valence-electron chi connectivity index (χ2n) is 3.35. The molecule has 0 nitrogen and oxygen atoms in total. The maximum Gasteiger partial charge on any atom is 0.0128 e. The van der Waals surface area contributed by atoms with E-state index in [0.29, 0.717) is 11.3 Å². The van der Waals surface area contributed by atoms with Crippen LogP contribution in [0.1, 0.15) is 36.3 Å². The first kappa shape index (κ1) is 10.2. The Kier molecular flexibility index (Phi) is 3.69. The van der Waals surface area contributed by atoms with Crippen LogP contribution >= 0.6 is 18.5 Å². The molecular formula is C10H16P2. The van der Waals surface area contributed by atoms with Crippen LogP contribution in [0.3, 0.4) is 0 Å². The highest BCUT2D eigenvalue weighted by atomic mass is 31.1. The van der Waals surface area contributed by atoms with Crippen LogP contribution in [0.4, 0.5) is 0 Å². The molecule has 0 fully saturated rings. The van der Waals surface area contributed by atoms with E-state index in [9.17, 15) is 0 Å². The summed E-state index contributed by atoms with van der Waals surface area (Å²) in [6.45, 7) is 4.43. The van der Waals surface area contributed by atoms with Crippen LogP contribution in [0.5, 0.6) is 0 Å². The summed E-state index contributed by atoms with van der Waals surface area (Å²) in [5, 5.41) is 0.478. The Bertz CT molecular complexity index is 210. The SMILES string of the molecule is CC(C)c1ccc(C(P)P)cc1. The van der Waals surface area contributed by atoms with Crippen molar-refractivity contribution in [3.8, 4) is 0 Å². The summed E-state index contributed by atoms with van der Waals surface area (Å²) in [4.78, 5) is 0. The van der Waals surface area contributed by atoms with Gasteiger partial charge in [0.1, 0.15) is 0 Å². The predicted octanol–water partition coefficient (Wildman–Crippen LogP) is 3.56. The zero-order chi connectivity index (χ0) is 9.14. The second kappa shape index (κ2) is 4.35. The van der Waals surface area contributed by atoms with Gasteiger partial charge in [-0.2, -0.15) is 0 Å². The smallest absolute Gasteiger partial charge is 0.0128 e. The number of hydrogen-bond acceptors (Lipinski definition) is 0. The van der Waals surface area contributed by atoms with Crippen molar-refractivity contribution in [3.63, 3.8) is 0 Å². The minimum Gasteiger partial charge on any atom is -0.126 e. The molecule has 2 unspecified atom stereocenters. The molecule has 2 atom stereocenters. The average molecular weight is 198 g/mol. The van der Waals surface area contributed by atoms with Crippen molar-refractivity contribution < 1.29 is 0 Å². The van der Waals surface area contributed by atoms with E-state index in [-0.39, 0.29) is 0 Å². The molecule has 1 aromatic carbocycles. The molecule has 0 aromatic heterocycles. The van der Waals surface area contributed by atoms with Crippen LogP contribution in [0.15, 0.2) is 24.3 Å². The highest BCUT2D eigenvalue weighted by Gasteiger charge is 2.00. The van der Waals surface area contributed by atoms with Gasteiger partial charge in [0.05, 0.1) is 0 Å². The molecule has 0 radical (unpaired) electrons.